The summed E-state index contributed by atoms with van der Waals surface area (Å²) in [5.74, 6) is -0.981. The van der Waals surface area contributed by atoms with E-state index < -0.39 is 24.0 Å². The highest BCUT2D eigenvalue weighted by Gasteiger charge is 2.35. The number of nitrogens with one attached hydrogen (secondary N) is 2. The number of furan rings is 1. The third-order valence-corrected chi connectivity index (χ3v) is 4.66. The molecule has 1 aliphatic heterocycles. The van der Waals surface area contributed by atoms with Gasteiger partial charge in [0, 0.05) is 6.20 Å². The molecule has 3 aromatic rings. The molecule has 0 saturated carbocycles. The van der Waals surface area contributed by atoms with E-state index in [9.17, 15) is 14.4 Å². The van der Waals surface area contributed by atoms with E-state index in [1.54, 1.807) is 23.7 Å². The molecule has 4 rings (SSSR count). The number of amides is 2. The van der Waals surface area contributed by atoms with Gasteiger partial charge in [0.25, 0.3) is 0 Å². The smallest absolute Gasteiger partial charge is 0.341 e. The van der Waals surface area contributed by atoms with Crippen LogP contribution in [0.25, 0.3) is 5.69 Å². The van der Waals surface area contributed by atoms with Gasteiger partial charge in [0.05, 0.1) is 41.6 Å². The molecular formula is C22H20N4O6. The zero-order chi connectivity index (χ0) is 22.5. The Morgan fingerprint density at radius 3 is 2.66 bits per heavy atom. The van der Waals surface area contributed by atoms with Crippen molar-refractivity contribution in [1.82, 2.24) is 20.4 Å². The van der Waals surface area contributed by atoms with Gasteiger partial charge < -0.3 is 24.5 Å². The van der Waals surface area contributed by atoms with Crippen LogP contribution in [0, 0.1) is 0 Å². The number of ether oxygens (including phenoxy) is 2. The van der Waals surface area contributed by atoms with Crippen LogP contribution in [-0.4, -0.2) is 41.0 Å². The van der Waals surface area contributed by atoms with E-state index in [4.69, 9.17) is 13.9 Å². The predicted octanol–water partition coefficient (Wildman–Crippen LogP) is 2.49. The van der Waals surface area contributed by atoms with Crippen LogP contribution in [0.4, 0.5) is 4.79 Å². The number of rotatable bonds is 7. The van der Waals surface area contributed by atoms with Crippen molar-refractivity contribution in [3.8, 4) is 5.69 Å². The van der Waals surface area contributed by atoms with Gasteiger partial charge in [-0.15, -0.1) is 0 Å². The van der Waals surface area contributed by atoms with Crippen molar-refractivity contribution in [3.63, 3.8) is 0 Å². The molecule has 10 heteroatoms. The molecule has 0 spiro atoms. The summed E-state index contributed by atoms with van der Waals surface area (Å²) in [6, 6.07) is 11.1. The highest BCUT2D eigenvalue weighted by atomic mass is 16.5. The maximum absolute atomic E-state index is 12.6. The van der Waals surface area contributed by atoms with Crippen molar-refractivity contribution < 1.29 is 28.3 Å². The Balaban J connectivity index is 1.56. The number of carbonyl (C=O) groups is 3. The Hall–Kier alpha value is -4.34. The number of hydrogen-bond donors (Lipinski definition) is 2. The molecule has 1 aromatic carbocycles. The standard InChI is InChI=1S/C22H20N4O6/c1-2-30-21(28)18-16(24-22(29)25-19(18)17-9-6-10-31-17)13-32-20(27)14-11-23-26(12-14)15-7-4-3-5-8-15/h3-12,19H,2,13H2,1H3,(H2,24,25,29)/t19-/m1/s1. The third kappa shape index (κ3) is 4.38. The first-order chi connectivity index (χ1) is 15.6. The Bertz CT molecular complexity index is 1150. The van der Waals surface area contributed by atoms with Gasteiger partial charge in [0.15, 0.2) is 0 Å². The zero-order valence-electron chi connectivity index (χ0n) is 17.1. The molecule has 0 bridgehead atoms. The lowest BCUT2D eigenvalue weighted by Gasteiger charge is -2.27. The van der Waals surface area contributed by atoms with Crippen molar-refractivity contribution in [1.29, 1.82) is 0 Å². The fourth-order valence-electron chi connectivity index (χ4n) is 3.22. The normalized spacial score (nSPS) is 15.7. The molecule has 10 nitrogen and oxygen atoms in total. The van der Waals surface area contributed by atoms with Crippen LogP contribution < -0.4 is 10.6 Å². The van der Waals surface area contributed by atoms with Crippen LogP contribution in [0.5, 0.6) is 0 Å². The number of esters is 2. The SMILES string of the molecule is CCOC(=O)C1=C(COC(=O)c2cnn(-c3ccccc3)c2)NC(=O)N[C@@H]1c1ccco1. The molecule has 3 heterocycles. The van der Waals surface area contributed by atoms with Gasteiger partial charge >= 0.3 is 18.0 Å². The van der Waals surface area contributed by atoms with Crippen LogP contribution in [0.15, 0.2) is 76.8 Å². The number of carbonyl (C=O) groups excluding carboxylic acids is 3. The topological polar surface area (TPSA) is 125 Å². The fraction of sp³-hybridized carbons (Fsp3) is 0.182. The zero-order valence-corrected chi connectivity index (χ0v) is 17.1. The second kappa shape index (κ2) is 9.21. The minimum Gasteiger partial charge on any atom is -0.467 e. The number of benzene rings is 1. The molecule has 0 radical (unpaired) electrons. The Morgan fingerprint density at radius 2 is 1.94 bits per heavy atom. The van der Waals surface area contributed by atoms with Crippen molar-refractivity contribution in [2.75, 3.05) is 13.2 Å². The summed E-state index contributed by atoms with van der Waals surface area (Å²) in [5.41, 5.74) is 1.20. The largest absolute Gasteiger partial charge is 0.467 e. The quantitative estimate of drug-likeness (QED) is 0.545. The third-order valence-electron chi connectivity index (χ3n) is 4.66. The first-order valence-corrected chi connectivity index (χ1v) is 9.85. The predicted molar refractivity (Wildman–Crippen MR) is 111 cm³/mol. The first kappa shape index (κ1) is 20.9. The van der Waals surface area contributed by atoms with E-state index in [2.05, 4.69) is 15.7 Å². The summed E-state index contributed by atoms with van der Waals surface area (Å²) < 4.78 is 17.4. The lowest BCUT2D eigenvalue weighted by molar-refractivity contribution is -0.139. The van der Waals surface area contributed by atoms with Crippen molar-refractivity contribution >= 4 is 18.0 Å². The second-order valence-corrected chi connectivity index (χ2v) is 6.74. The van der Waals surface area contributed by atoms with Crippen molar-refractivity contribution in [2.45, 2.75) is 13.0 Å². The van der Waals surface area contributed by atoms with E-state index in [-0.39, 0.29) is 30.0 Å². The summed E-state index contributed by atoms with van der Waals surface area (Å²) in [6.07, 6.45) is 4.34. The molecule has 2 amide bonds. The summed E-state index contributed by atoms with van der Waals surface area (Å²) >= 11 is 0. The van der Waals surface area contributed by atoms with Gasteiger partial charge in [-0.1, -0.05) is 18.2 Å². The van der Waals surface area contributed by atoms with E-state index in [1.165, 1.54) is 18.7 Å². The van der Waals surface area contributed by atoms with Crippen molar-refractivity contribution in [2.24, 2.45) is 0 Å². The van der Waals surface area contributed by atoms with Gasteiger partial charge in [-0.3, -0.25) is 0 Å². The average molecular weight is 436 g/mol. The van der Waals surface area contributed by atoms with Crippen LogP contribution in [0.3, 0.4) is 0 Å². The van der Waals surface area contributed by atoms with Crippen LogP contribution in [0.2, 0.25) is 0 Å². The number of para-hydroxylation sites is 1. The maximum atomic E-state index is 12.6. The number of hydrogen-bond acceptors (Lipinski definition) is 7. The molecule has 1 atom stereocenters. The maximum Gasteiger partial charge on any atom is 0.341 e. The van der Waals surface area contributed by atoms with E-state index >= 15 is 0 Å². The second-order valence-electron chi connectivity index (χ2n) is 6.74. The average Bonchev–Trinajstić information content (AvgIpc) is 3.50. The first-order valence-electron chi connectivity index (χ1n) is 9.85. The van der Waals surface area contributed by atoms with E-state index in [0.29, 0.717) is 5.76 Å². The van der Waals surface area contributed by atoms with Gasteiger partial charge in [-0.25, -0.2) is 19.1 Å². The Morgan fingerprint density at radius 1 is 1.12 bits per heavy atom. The van der Waals surface area contributed by atoms with Crippen LogP contribution in [-0.2, 0) is 14.3 Å². The van der Waals surface area contributed by atoms with Crippen molar-refractivity contribution in [3.05, 3.63) is 83.7 Å². The van der Waals surface area contributed by atoms with E-state index in [1.807, 2.05) is 30.3 Å². The molecule has 1 aliphatic rings. The summed E-state index contributed by atoms with van der Waals surface area (Å²) in [7, 11) is 0. The number of urea groups is 1. The lowest BCUT2D eigenvalue weighted by atomic mass is 10.0. The molecule has 0 saturated heterocycles. The van der Waals surface area contributed by atoms with Crippen LogP contribution >= 0.6 is 0 Å². The molecule has 2 aromatic heterocycles. The minimum atomic E-state index is -0.882. The van der Waals surface area contributed by atoms with Crippen LogP contribution in [0.1, 0.15) is 29.1 Å². The molecule has 2 N–H and O–H groups in total. The summed E-state index contributed by atoms with van der Waals surface area (Å²) in [5, 5.41) is 9.31. The monoisotopic (exact) mass is 436 g/mol. The van der Waals surface area contributed by atoms with E-state index in [0.717, 1.165) is 5.69 Å². The number of nitrogens with zero attached hydrogens (tertiary/aromatic N) is 2. The molecule has 0 unspecified atom stereocenters. The minimum absolute atomic E-state index is 0.0918. The number of aromatic nitrogens is 2. The lowest BCUT2D eigenvalue weighted by Crippen LogP contribution is -2.47. The molecule has 164 valence electrons. The highest BCUT2D eigenvalue weighted by molar-refractivity contribution is 5.95. The Labute approximate surface area is 182 Å². The molecule has 0 fully saturated rings. The van der Waals surface area contributed by atoms with Gasteiger partial charge in [0.2, 0.25) is 0 Å². The molecular weight excluding hydrogens is 416 g/mol. The molecule has 32 heavy (non-hydrogen) atoms. The van der Waals surface area contributed by atoms with Gasteiger partial charge in [-0.2, -0.15) is 5.10 Å². The summed E-state index contributed by atoms with van der Waals surface area (Å²) in [4.78, 5) is 37.4. The van der Waals surface area contributed by atoms with Gasteiger partial charge in [-0.05, 0) is 31.2 Å². The Kier molecular flexibility index (Phi) is 6.02. The molecule has 0 aliphatic carbocycles. The fourth-order valence-corrected chi connectivity index (χ4v) is 3.22. The summed E-state index contributed by atoms with van der Waals surface area (Å²) in [6.45, 7) is 1.44. The highest BCUT2D eigenvalue weighted by Crippen LogP contribution is 2.28. The van der Waals surface area contributed by atoms with Gasteiger partial charge in [0.1, 0.15) is 18.4 Å².